The first-order valence-corrected chi connectivity index (χ1v) is 9.35. The van der Waals surface area contributed by atoms with Crippen molar-refractivity contribution >= 4 is 23.8 Å². The third kappa shape index (κ3) is 3.91. The molecule has 1 fully saturated rings. The first-order valence-electron chi connectivity index (χ1n) is 9.35. The molecule has 9 nitrogen and oxygen atoms in total. The predicted octanol–water partition coefficient (Wildman–Crippen LogP) is 1.29. The van der Waals surface area contributed by atoms with Crippen molar-refractivity contribution in [2.75, 3.05) is 18.0 Å². The Hall–Kier alpha value is -3.43. The van der Waals surface area contributed by atoms with Crippen molar-refractivity contribution in [1.82, 2.24) is 20.0 Å². The van der Waals surface area contributed by atoms with Crippen molar-refractivity contribution < 1.29 is 14.0 Å². The molecule has 1 unspecified atom stereocenters. The Kier molecular flexibility index (Phi) is 5.15. The third-order valence-corrected chi connectivity index (χ3v) is 5.24. The molecule has 0 saturated carbocycles. The number of primary amides is 1. The highest BCUT2D eigenvalue weighted by Crippen LogP contribution is 2.32. The van der Waals surface area contributed by atoms with Gasteiger partial charge in [0, 0.05) is 43.9 Å². The highest BCUT2D eigenvalue weighted by Gasteiger charge is 2.35. The molecule has 2 aliphatic heterocycles. The lowest BCUT2D eigenvalue weighted by atomic mass is 9.94. The van der Waals surface area contributed by atoms with Crippen molar-refractivity contribution in [3.8, 4) is 0 Å². The molecule has 0 bridgehead atoms. The van der Waals surface area contributed by atoms with Gasteiger partial charge >= 0.3 is 0 Å². The quantitative estimate of drug-likeness (QED) is 0.831. The van der Waals surface area contributed by atoms with E-state index in [0.29, 0.717) is 43.7 Å². The van der Waals surface area contributed by atoms with Crippen molar-refractivity contribution in [2.45, 2.75) is 25.3 Å². The maximum absolute atomic E-state index is 13.5. The summed E-state index contributed by atoms with van der Waals surface area (Å²) in [6.45, 7) is 1.21. The minimum Gasteiger partial charge on any atom is -0.364 e. The van der Waals surface area contributed by atoms with Crippen LogP contribution in [0.2, 0.25) is 0 Å². The lowest BCUT2D eigenvalue weighted by molar-refractivity contribution is -0.138. The summed E-state index contributed by atoms with van der Waals surface area (Å²) in [5.74, 6) is -0.697. The number of hydrazone groups is 1. The number of nitrogens with two attached hydrogens (primary N) is 1. The van der Waals surface area contributed by atoms with Crippen LogP contribution in [-0.2, 0) is 4.79 Å². The SMILES string of the molecule is NC(=O)c1cc(N2CCC(C(=O)N3N=CCC3c3cncc(F)c3)CC2)ncn1. The minimum atomic E-state index is -0.608. The van der Waals surface area contributed by atoms with E-state index in [9.17, 15) is 14.0 Å². The molecule has 10 heteroatoms. The van der Waals surface area contributed by atoms with E-state index in [1.807, 2.05) is 4.90 Å². The number of aromatic nitrogens is 3. The van der Waals surface area contributed by atoms with Gasteiger partial charge in [-0.3, -0.25) is 14.6 Å². The molecule has 2 N–H and O–H groups in total. The highest BCUT2D eigenvalue weighted by molar-refractivity contribution is 5.91. The number of amides is 2. The van der Waals surface area contributed by atoms with Gasteiger partial charge in [0.05, 0.1) is 12.2 Å². The Morgan fingerprint density at radius 3 is 2.66 bits per heavy atom. The second-order valence-electron chi connectivity index (χ2n) is 7.06. The van der Waals surface area contributed by atoms with E-state index in [-0.39, 0.29) is 23.6 Å². The van der Waals surface area contributed by atoms with Crippen LogP contribution in [0.3, 0.4) is 0 Å². The predicted molar refractivity (Wildman–Crippen MR) is 102 cm³/mol. The fourth-order valence-electron chi connectivity index (χ4n) is 3.71. The van der Waals surface area contributed by atoms with Crippen molar-refractivity contribution in [1.29, 1.82) is 0 Å². The maximum atomic E-state index is 13.5. The van der Waals surface area contributed by atoms with E-state index in [1.54, 1.807) is 18.5 Å². The van der Waals surface area contributed by atoms with Crippen molar-refractivity contribution in [2.24, 2.45) is 16.8 Å². The number of carbonyl (C=O) groups is 2. The zero-order valence-electron chi connectivity index (χ0n) is 15.6. The molecule has 1 atom stereocenters. The largest absolute Gasteiger partial charge is 0.364 e. The summed E-state index contributed by atoms with van der Waals surface area (Å²) >= 11 is 0. The average molecular weight is 397 g/mol. The van der Waals surface area contributed by atoms with Gasteiger partial charge < -0.3 is 10.6 Å². The summed E-state index contributed by atoms with van der Waals surface area (Å²) in [7, 11) is 0. The molecule has 0 spiro atoms. The van der Waals surface area contributed by atoms with Gasteiger partial charge in [-0.1, -0.05) is 0 Å². The molecule has 0 aliphatic carbocycles. The summed E-state index contributed by atoms with van der Waals surface area (Å²) in [4.78, 5) is 38.3. The van der Waals surface area contributed by atoms with Gasteiger partial charge in [-0.2, -0.15) is 5.10 Å². The molecule has 29 heavy (non-hydrogen) atoms. The van der Waals surface area contributed by atoms with Gasteiger partial charge in [-0.05, 0) is 24.5 Å². The molecule has 2 amide bonds. The lowest BCUT2D eigenvalue weighted by Gasteiger charge is -2.34. The smallest absolute Gasteiger partial charge is 0.267 e. The summed E-state index contributed by atoms with van der Waals surface area (Å²) in [5, 5.41) is 5.68. The van der Waals surface area contributed by atoms with Crippen LogP contribution in [0.25, 0.3) is 0 Å². The van der Waals surface area contributed by atoms with Crippen LogP contribution in [0.4, 0.5) is 10.2 Å². The number of carbonyl (C=O) groups excluding carboxylic acids is 2. The van der Waals surface area contributed by atoms with Crippen LogP contribution in [-0.4, -0.2) is 51.1 Å². The second-order valence-corrected chi connectivity index (χ2v) is 7.06. The van der Waals surface area contributed by atoms with Crippen LogP contribution in [0.15, 0.2) is 36.0 Å². The van der Waals surface area contributed by atoms with E-state index >= 15 is 0 Å². The zero-order valence-corrected chi connectivity index (χ0v) is 15.6. The monoisotopic (exact) mass is 397 g/mol. The number of hydrogen-bond donors (Lipinski definition) is 1. The number of pyridine rings is 1. The van der Waals surface area contributed by atoms with E-state index < -0.39 is 11.7 Å². The number of rotatable bonds is 4. The second kappa shape index (κ2) is 7.90. The van der Waals surface area contributed by atoms with Crippen LogP contribution in [0.1, 0.15) is 41.4 Å². The van der Waals surface area contributed by atoms with Gasteiger partial charge in [-0.25, -0.2) is 19.4 Å². The Bertz CT molecular complexity index is 959. The van der Waals surface area contributed by atoms with Gasteiger partial charge in [0.15, 0.2) is 0 Å². The standard InChI is InChI=1S/C19H20FN7O2/c20-14-7-13(9-22-10-14)16-1-4-25-27(16)19(29)12-2-5-26(6-3-12)17-8-15(18(21)28)23-11-24-17/h4,7-12,16H,1-3,5-6H2,(H2,21,28). The fourth-order valence-corrected chi connectivity index (χ4v) is 3.71. The number of nitrogens with zero attached hydrogens (tertiary/aromatic N) is 6. The molecule has 2 aromatic heterocycles. The number of piperidine rings is 1. The Labute approximate surface area is 166 Å². The first kappa shape index (κ1) is 18.9. The highest BCUT2D eigenvalue weighted by atomic mass is 19.1. The van der Waals surface area contributed by atoms with Crippen LogP contribution in [0, 0.1) is 11.7 Å². The van der Waals surface area contributed by atoms with E-state index in [2.05, 4.69) is 20.1 Å². The molecule has 4 rings (SSSR count). The molecule has 150 valence electrons. The molecule has 4 heterocycles. The van der Waals surface area contributed by atoms with Gasteiger partial charge in [0.1, 0.15) is 23.7 Å². The van der Waals surface area contributed by atoms with Gasteiger partial charge in [0.2, 0.25) is 5.91 Å². The summed E-state index contributed by atoms with van der Waals surface area (Å²) < 4.78 is 13.5. The molecular formula is C19H20FN7O2. The lowest BCUT2D eigenvalue weighted by Crippen LogP contribution is -2.41. The molecule has 1 saturated heterocycles. The van der Waals surface area contributed by atoms with Crippen LogP contribution in [0.5, 0.6) is 0 Å². The first-order chi connectivity index (χ1) is 14.0. The van der Waals surface area contributed by atoms with Crippen LogP contribution < -0.4 is 10.6 Å². The topological polar surface area (TPSA) is 118 Å². The van der Waals surface area contributed by atoms with Crippen molar-refractivity contribution in [3.05, 3.63) is 47.9 Å². The fraction of sp³-hybridized carbons (Fsp3) is 0.368. The summed E-state index contributed by atoms with van der Waals surface area (Å²) in [6.07, 6.45) is 7.46. The normalized spacial score (nSPS) is 19.6. The van der Waals surface area contributed by atoms with E-state index in [4.69, 9.17) is 5.73 Å². The Morgan fingerprint density at radius 2 is 1.93 bits per heavy atom. The number of hydrogen-bond acceptors (Lipinski definition) is 7. The summed E-state index contributed by atoms with van der Waals surface area (Å²) in [5.41, 5.74) is 6.07. The van der Waals surface area contributed by atoms with Gasteiger partial charge in [0.25, 0.3) is 5.91 Å². The van der Waals surface area contributed by atoms with Crippen molar-refractivity contribution in [3.63, 3.8) is 0 Å². The number of halogens is 1. The molecular weight excluding hydrogens is 377 g/mol. The summed E-state index contributed by atoms with van der Waals surface area (Å²) in [6, 6.07) is 2.62. The molecule has 2 aromatic rings. The Balaban J connectivity index is 1.42. The molecule has 0 radical (unpaired) electrons. The van der Waals surface area contributed by atoms with Crippen LogP contribution >= 0.6 is 0 Å². The average Bonchev–Trinajstić information content (AvgIpc) is 3.23. The van der Waals surface area contributed by atoms with E-state index in [0.717, 1.165) is 6.20 Å². The zero-order chi connectivity index (χ0) is 20.4. The minimum absolute atomic E-state index is 0.0758. The molecule has 0 aromatic carbocycles. The van der Waals surface area contributed by atoms with E-state index in [1.165, 1.54) is 17.4 Å². The Morgan fingerprint density at radius 1 is 1.14 bits per heavy atom. The molecule has 2 aliphatic rings. The van der Waals surface area contributed by atoms with Gasteiger partial charge in [-0.15, -0.1) is 0 Å². The maximum Gasteiger partial charge on any atom is 0.267 e. The third-order valence-electron chi connectivity index (χ3n) is 5.24. The number of anilines is 1.